The van der Waals surface area contributed by atoms with Gasteiger partial charge in [-0.25, -0.2) is 4.98 Å². The van der Waals surface area contributed by atoms with Gasteiger partial charge in [0.25, 0.3) is 5.91 Å². The third-order valence-corrected chi connectivity index (χ3v) is 5.50. The molecule has 28 heavy (non-hydrogen) atoms. The van der Waals surface area contributed by atoms with Gasteiger partial charge < -0.3 is 15.0 Å². The first-order valence-electron chi connectivity index (χ1n) is 9.40. The van der Waals surface area contributed by atoms with E-state index in [1.807, 2.05) is 0 Å². The molecule has 2 aliphatic rings. The highest BCUT2D eigenvalue weighted by atomic mass is 35.5. The van der Waals surface area contributed by atoms with E-state index >= 15 is 0 Å². The van der Waals surface area contributed by atoms with Crippen molar-refractivity contribution in [3.05, 3.63) is 29.0 Å². The smallest absolute Gasteiger partial charge is 0.274 e. The van der Waals surface area contributed by atoms with E-state index in [4.69, 9.17) is 16.3 Å². The van der Waals surface area contributed by atoms with Gasteiger partial charge in [0.05, 0.1) is 24.0 Å². The van der Waals surface area contributed by atoms with E-state index in [1.165, 1.54) is 13.3 Å². The number of nitrogens with one attached hydrogen (secondary N) is 2. The summed E-state index contributed by atoms with van der Waals surface area (Å²) < 4.78 is 5.13. The molecule has 2 aromatic heterocycles. The number of piperidine rings is 1. The molecule has 1 aliphatic heterocycles. The summed E-state index contributed by atoms with van der Waals surface area (Å²) in [5, 5.41) is 10.5. The van der Waals surface area contributed by atoms with Crippen LogP contribution in [0.5, 0.6) is 5.88 Å². The van der Waals surface area contributed by atoms with Gasteiger partial charge in [-0.05, 0) is 31.7 Å². The van der Waals surface area contributed by atoms with Crippen molar-refractivity contribution in [3.8, 4) is 17.1 Å². The third-order valence-electron chi connectivity index (χ3n) is 5.20. The fourth-order valence-electron chi connectivity index (χ4n) is 3.36. The zero-order valence-corrected chi connectivity index (χ0v) is 16.3. The van der Waals surface area contributed by atoms with Crippen LogP contribution in [0.4, 0.5) is 0 Å². The van der Waals surface area contributed by atoms with Gasteiger partial charge in [-0.3, -0.25) is 14.7 Å². The van der Waals surface area contributed by atoms with E-state index in [2.05, 4.69) is 20.5 Å². The van der Waals surface area contributed by atoms with Crippen LogP contribution in [0.2, 0.25) is 5.02 Å². The highest BCUT2D eigenvalue weighted by molar-refractivity contribution is 6.33. The monoisotopic (exact) mass is 403 g/mol. The number of carbonyl (C=O) groups is 2. The first-order valence-corrected chi connectivity index (χ1v) is 9.78. The van der Waals surface area contributed by atoms with Crippen molar-refractivity contribution < 1.29 is 14.3 Å². The number of carbonyl (C=O) groups excluding carboxylic acids is 2. The Morgan fingerprint density at radius 2 is 2.00 bits per heavy atom. The maximum atomic E-state index is 12.8. The summed E-state index contributed by atoms with van der Waals surface area (Å²) in [6.07, 6.45) is 5.01. The van der Waals surface area contributed by atoms with Gasteiger partial charge in [0, 0.05) is 36.7 Å². The average molecular weight is 404 g/mol. The molecule has 3 heterocycles. The minimum Gasteiger partial charge on any atom is -0.481 e. The summed E-state index contributed by atoms with van der Waals surface area (Å²) in [7, 11) is 1.52. The van der Waals surface area contributed by atoms with E-state index in [0.29, 0.717) is 59.8 Å². The van der Waals surface area contributed by atoms with Crippen molar-refractivity contribution in [2.45, 2.75) is 31.7 Å². The number of amides is 2. The Labute approximate surface area is 167 Å². The summed E-state index contributed by atoms with van der Waals surface area (Å²) in [6.45, 7) is 1.10. The molecule has 1 saturated heterocycles. The highest BCUT2D eigenvalue weighted by Gasteiger charge is 2.31. The Bertz CT molecular complexity index is 887. The molecule has 148 valence electrons. The van der Waals surface area contributed by atoms with Crippen LogP contribution >= 0.6 is 11.6 Å². The highest BCUT2D eigenvalue weighted by Crippen LogP contribution is 2.29. The molecule has 0 spiro atoms. The number of methoxy groups -OCH3 is 1. The second-order valence-corrected chi connectivity index (χ2v) is 7.63. The average Bonchev–Trinajstić information content (AvgIpc) is 3.40. The second kappa shape index (κ2) is 7.79. The fraction of sp³-hybridized carbons (Fsp3) is 0.474. The lowest BCUT2D eigenvalue weighted by Gasteiger charge is -2.30. The van der Waals surface area contributed by atoms with E-state index in [1.54, 1.807) is 17.0 Å². The number of pyridine rings is 1. The fourth-order valence-corrected chi connectivity index (χ4v) is 3.57. The van der Waals surface area contributed by atoms with Crippen LogP contribution in [0.25, 0.3) is 11.3 Å². The number of likely N-dealkylation sites (tertiary alicyclic amines) is 1. The Hall–Kier alpha value is -2.61. The zero-order valence-electron chi connectivity index (χ0n) is 15.6. The second-order valence-electron chi connectivity index (χ2n) is 7.22. The molecule has 1 aliphatic carbocycles. The number of aromatic nitrogens is 3. The van der Waals surface area contributed by atoms with Gasteiger partial charge in [-0.2, -0.15) is 5.10 Å². The lowest BCUT2D eigenvalue weighted by Crippen LogP contribution is -2.43. The molecule has 0 aromatic carbocycles. The summed E-state index contributed by atoms with van der Waals surface area (Å²) in [6, 6.07) is 3.73. The number of halogens is 1. The van der Waals surface area contributed by atoms with Gasteiger partial charge in [0.2, 0.25) is 11.8 Å². The first-order chi connectivity index (χ1) is 13.5. The van der Waals surface area contributed by atoms with Crippen molar-refractivity contribution in [1.82, 2.24) is 25.4 Å². The number of aromatic amines is 1. The predicted octanol–water partition coefficient (Wildman–Crippen LogP) is 2.26. The molecule has 0 radical (unpaired) electrons. The number of H-pyrrole nitrogens is 1. The summed E-state index contributed by atoms with van der Waals surface area (Å²) >= 11 is 6.21. The van der Waals surface area contributed by atoms with E-state index in [-0.39, 0.29) is 17.7 Å². The molecular weight excluding hydrogens is 382 g/mol. The SMILES string of the molecule is COc1cc(-c2cc(C(=O)N3CCC(C(=O)NC4CC4)CC3)n[nH]2)c(Cl)cn1. The third kappa shape index (κ3) is 3.96. The summed E-state index contributed by atoms with van der Waals surface area (Å²) in [4.78, 5) is 30.8. The van der Waals surface area contributed by atoms with Crippen LogP contribution in [0, 0.1) is 5.92 Å². The Balaban J connectivity index is 1.40. The molecule has 1 saturated carbocycles. The minimum atomic E-state index is -0.152. The molecule has 2 N–H and O–H groups in total. The van der Waals surface area contributed by atoms with Crippen LogP contribution < -0.4 is 10.1 Å². The van der Waals surface area contributed by atoms with Crippen LogP contribution in [0.1, 0.15) is 36.2 Å². The van der Waals surface area contributed by atoms with Crippen molar-refractivity contribution in [2.75, 3.05) is 20.2 Å². The van der Waals surface area contributed by atoms with Crippen LogP contribution in [-0.2, 0) is 4.79 Å². The van der Waals surface area contributed by atoms with Crippen molar-refractivity contribution in [2.24, 2.45) is 5.92 Å². The predicted molar refractivity (Wildman–Crippen MR) is 103 cm³/mol. The number of rotatable bonds is 5. The molecule has 2 aromatic rings. The maximum absolute atomic E-state index is 12.8. The number of hydrogen-bond acceptors (Lipinski definition) is 5. The van der Waals surface area contributed by atoms with Crippen molar-refractivity contribution >= 4 is 23.4 Å². The van der Waals surface area contributed by atoms with Gasteiger partial charge in [-0.15, -0.1) is 0 Å². The molecule has 2 amide bonds. The number of hydrogen-bond donors (Lipinski definition) is 2. The van der Waals surface area contributed by atoms with Gasteiger partial charge in [-0.1, -0.05) is 11.6 Å². The molecule has 0 bridgehead atoms. The largest absolute Gasteiger partial charge is 0.481 e. The molecule has 0 unspecified atom stereocenters. The molecule has 8 nitrogen and oxygen atoms in total. The number of ether oxygens (including phenoxy) is 1. The van der Waals surface area contributed by atoms with E-state index in [0.717, 1.165) is 12.8 Å². The van der Waals surface area contributed by atoms with Crippen molar-refractivity contribution in [3.63, 3.8) is 0 Å². The molecular formula is C19H22ClN5O3. The molecule has 0 atom stereocenters. The van der Waals surface area contributed by atoms with E-state index in [9.17, 15) is 9.59 Å². The van der Waals surface area contributed by atoms with Gasteiger partial charge in [0.1, 0.15) is 0 Å². The lowest BCUT2D eigenvalue weighted by atomic mass is 9.95. The van der Waals surface area contributed by atoms with Crippen molar-refractivity contribution in [1.29, 1.82) is 0 Å². The van der Waals surface area contributed by atoms with E-state index < -0.39 is 0 Å². The quantitative estimate of drug-likeness (QED) is 0.797. The lowest BCUT2D eigenvalue weighted by molar-refractivity contribution is -0.126. The topological polar surface area (TPSA) is 100 Å². The van der Waals surface area contributed by atoms with Crippen LogP contribution in [0.15, 0.2) is 18.3 Å². The number of nitrogens with zero attached hydrogens (tertiary/aromatic N) is 3. The van der Waals surface area contributed by atoms with Gasteiger partial charge in [0.15, 0.2) is 5.69 Å². The molecule has 2 fully saturated rings. The Kier molecular flexibility index (Phi) is 5.21. The van der Waals surface area contributed by atoms with Gasteiger partial charge >= 0.3 is 0 Å². The molecule has 4 rings (SSSR count). The van der Waals surface area contributed by atoms with Crippen LogP contribution in [-0.4, -0.2) is 58.1 Å². The minimum absolute atomic E-state index is 0.0116. The first kappa shape index (κ1) is 18.7. The maximum Gasteiger partial charge on any atom is 0.274 e. The summed E-state index contributed by atoms with van der Waals surface area (Å²) in [5.74, 6) is 0.384. The Morgan fingerprint density at radius 3 is 2.68 bits per heavy atom. The zero-order chi connectivity index (χ0) is 19.7. The summed E-state index contributed by atoms with van der Waals surface area (Å²) in [5.41, 5.74) is 1.60. The molecule has 9 heteroatoms. The normalized spacial score (nSPS) is 17.4. The van der Waals surface area contributed by atoms with Crippen LogP contribution in [0.3, 0.4) is 0 Å². The Morgan fingerprint density at radius 1 is 1.25 bits per heavy atom. The standard InChI is InChI=1S/C19H22ClN5O3/c1-28-17-8-13(14(20)10-21-17)15-9-16(24-23-15)19(27)25-6-4-11(5-7-25)18(26)22-12-2-3-12/h8-12H,2-7H2,1H3,(H,22,26)(H,23,24).